The van der Waals surface area contributed by atoms with Gasteiger partial charge in [0.25, 0.3) is 0 Å². The first-order chi connectivity index (χ1) is 6.02. The number of carbonyl (C=O) groups is 1. The molecule has 2 unspecified atom stereocenters. The van der Waals surface area contributed by atoms with E-state index in [4.69, 9.17) is 5.11 Å². The Morgan fingerprint density at radius 1 is 1.62 bits per heavy atom. The molecule has 5 heteroatoms. The summed E-state index contributed by atoms with van der Waals surface area (Å²) in [6.45, 7) is 3.70. The van der Waals surface area contributed by atoms with Crippen molar-refractivity contribution in [1.29, 1.82) is 0 Å². The molecule has 0 amide bonds. The minimum atomic E-state index is -0.947. The number of likely N-dealkylation sites (tertiary alicyclic amines) is 1. The number of rotatable bonds is 3. The Kier molecular flexibility index (Phi) is 3.02. The summed E-state index contributed by atoms with van der Waals surface area (Å²) in [5.74, 6) is -0.947. The van der Waals surface area contributed by atoms with Crippen molar-refractivity contribution in [1.82, 2.24) is 4.90 Å². The molecular weight excluding hydrogens is 174 g/mol. The van der Waals surface area contributed by atoms with Gasteiger partial charge in [-0.25, -0.2) is 4.90 Å². The summed E-state index contributed by atoms with van der Waals surface area (Å²) in [7, 11) is 0. The highest BCUT2D eigenvalue weighted by molar-refractivity contribution is 5.66. The van der Waals surface area contributed by atoms with Gasteiger partial charge >= 0.3 is 5.97 Å². The van der Waals surface area contributed by atoms with E-state index in [0.29, 0.717) is 12.0 Å². The van der Waals surface area contributed by atoms with Crippen LogP contribution in [0.15, 0.2) is 12.2 Å². The quantitative estimate of drug-likeness (QED) is 0.512. The van der Waals surface area contributed by atoms with Crippen molar-refractivity contribution >= 4 is 5.97 Å². The molecule has 1 fully saturated rings. The average Bonchev–Trinajstić information content (AvgIpc) is 2.24. The van der Waals surface area contributed by atoms with Crippen LogP contribution in [-0.4, -0.2) is 45.2 Å². The highest BCUT2D eigenvalue weighted by atomic mass is 16.4. The fourth-order valence-electron chi connectivity index (χ4n) is 1.35. The van der Waals surface area contributed by atoms with Gasteiger partial charge in [0.05, 0.1) is 6.42 Å². The van der Waals surface area contributed by atoms with Crippen molar-refractivity contribution in [3.05, 3.63) is 12.2 Å². The second-order valence-corrected chi connectivity index (χ2v) is 3.10. The van der Waals surface area contributed by atoms with E-state index in [2.05, 4.69) is 6.58 Å². The lowest BCUT2D eigenvalue weighted by Crippen LogP contribution is -2.37. The van der Waals surface area contributed by atoms with Crippen molar-refractivity contribution in [2.75, 3.05) is 6.54 Å². The van der Waals surface area contributed by atoms with E-state index in [1.54, 1.807) is 0 Å². The normalized spacial score (nSPS) is 29.5. The van der Waals surface area contributed by atoms with Crippen LogP contribution in [0.1, 0.15) is 12.8 Å². The zero-order valence-electron chi connectivity index (χ0n) is 7.18. The second kappa shape index (κ2) is 3.87. The lowest BCUT2D eigenvalue weighted by Gasteiger charge is -2.22. The van der Waals surface area contributed by atoms with Crippen LogP contribution in [0.4, 0.5) is 0 Å². The number of hydrogen-bond acceptors (Lipinski definition) is 4. The van der Waals surface area contributed by atoms with Gasteiger partial charge in [-0.2, -0.15) is 0 Å². The number of aliphatic hydroxyl groups is 2. The van der Waals surface area contributed by atoms with Crippen LogP contribution < -0.4 is 0 Å². The molecule has 0 spiro atoms. The molecular formula is C8H13NO4. The van der Waals surface area contributed by atoms with Crippen LogP contribution in [0.2, 0.25) is 0 Å². The van der Waals surface area contributed by atoms with Gasteiger partial charge in [0.15, 0.2) is 0 Å². The van der Waals surface area contributed by atoms with Gasteiger partial charge in [-0.15, -0.1) is 0 Å². The van der Waals surface area contributed by atoms with Crippen molar-refractivity contribution in [2.45, 2.75) is 25.3 Å². The van der Waals surface area contributed by atoms with E-state index in [9.17, 15) is 15.0 Å². The number of aliphatic carboxylic acids is 1. The highest BCUT2D eigenvalue weighted by Gasteiger charge is 2.33. The lowest BCUT2D eigenvalue weighted by molar-refractivity contribution is -0.138. The van der Waals surface area contributed by atoms with Crippen molar-refractivity contribution < 1.29 is 20.1 Å². The number of carboxylic acids is 1. The molecule has 0 aromatic rings. The van der Waals surface area contributed by atoms with Crippen molar-refractivity contribution in [2.24, 2.45) is 0 Å². The predicted octanol–water partition coefficient (Wildman–Crippen LogP) is -0.640. The average molecular weight is 187 g/mol. The molecule has 1 heterocycles. The van der Waals surface area contributed by atoms with Gasteiger partial charge in [-0.3, -0.25) is 4.79 Å². The molecule has 0 aromatic carbocycles. The molecule has 0 bridgehead atoms. The summed E-state index contributed by atoms with van der Waals surface area (Å²) in [5, 5.41) is 27.2. The summed E-state index contributed by atoms with van der Waals surface area (Å²) in [6, 6.07) is 0. The van der Waals surface area contributed by atoms with E-state index in [-0.39, 0.29) is 13.0 Å². The van der Waals surface area contributed by atoms with Crippen LogP contribution >= 0.6 is 0 Å². The Morgan fingerprint density at radius 3 is 2.62 bits per heavy atom. The van der Waals surface area contributed by atoms with E-state index in [1.807, 2.05) is 0 Å². The summed E-state index contributed by atoms with van der Waals surface area (Å²) in [4.78, 5) is 11.6. The van der Waals surface area contributed by atoms with Crippen molar-refractivity contribution in [3.63, 3.8) is 0 Å². The molecule has 5 nitrogen and oxygen atoms in total. The van der Waals surface area contributed by atoms with Gasteiger partial charge in [0, 0.05) is 13.0 Å². The van der Waals surface area contributed by atoms with Crippen LogP contribution in [0.5, 0.6) is 0 Å². The minimum absolute atomic E-state index is 0.0958. The van der Waals surface area contributed by atoms with Crippen LogP contribution in [-0.2, 0) is 4.79 Å². The van der Waals surface area contributed by atoms with E-state index in [0.717, 1.165) is 0 Å². The van der Waals surface area contributed by atoms with Crippen molar-refractivity contribution in [3.8, 4) is 0 Å². The van der Waals surface area contributed by atoms with Crippen LogP contribution in [0.25, 0.3) is 0 Å². The maximum Gasteiger partial charge on any atom is 0.304 e. The largest absolute Gasteiger partial charge is 0.481 e. The van der Waals surface area contributed by atoms with Gasteiger partial charge in [0.2, 0.25) is 0 Å². The Hall–Kier alpha value is -0.910. The van der Waals surface area contributed by atoms with Crippen LogP contribution in [0.3, 0.4) is 0 Å². The molecule has 1 aliphatic heterocycles. The molecule has 74 valence electrons. The van der Waals surface area contributed by atoms with E-state index >= 15 is 0 Å². The predicted molar refractivity (Wildman–Crippen MR) is 44.7 cm³/mol. The summed E-state index contributed by atoms with van der Waals surface area (Å²) in [5.41, 5.74) is 0.526. The smallest absolute Gasteiger partial charge is 0.304 e. The number of hydrogen-bond donors (Lipinski definition) is 3. The lowest BCUT2D eigenvalue weighted by atomic mass is 10.2. The minimum Gasteiger partial charge on any atom is -0.481 e. The number of aliphatic hydroxyl groups excluding tert-OH is 2. The SMILES string of the molecule is C=C1CC(O)N(CCC(=O)O)C1O. The molecule has 2 atom stereocenters. The zero-order valence-corrected chi connectivity index (χ0v) is 7.18. The first-order valence-electron chi connectivity index (χ1n) is 4.03. The molecule has 3 N–H and O–H groups in total. The van der Waals surface area contributed by atoms with Gasteiger partial charge in [0.1, 0.15) is 12.5 Å². The third-order valence-electron chi connectivity index (χ3n) is 2.09. The Labute approximate surface area is 75.9 Å². The highest BCUT2D eigenvalue weighted by Crippen LogP contribution is 2.24. The fourth-order valence-corrected chi connectivity index (χ4v) is 1.35. The van der Waals surface area contributed by atoms with E-state index < -0.39 is 18.4 Å². The fraction of sp³-hybridized carbons (Fsp3) is 0.625. The first kappa shape index (κ1) is 10.2. The molecule has 0 aromatic heterocycles. The Bertz CT molecular complexity index is 228. The third-order valence-corrected chi connectivity index (χ3v) is 2.09. The third kappa shape index (κ3) is 2.27. The topological polar surface area (TPSA) is 81.0 Å². The van der Waals surface area contributed by atoms with Crippen LogP contribution in [0, 0.1) is 0 Å². The molecule has 1 saturated heterocycles. The summed E-state index contributed by atoms with van der Waals surface area (Å²) >= 11 is 0. The first-order valence-corrected chi connectivity index (χ1v) is 4.03. The maximum atomic E-state index is 10.2. The zero-order chi connectivity index (χ0) is 10.0. The molecule has 1 aliphatic rings. The molecule has 13 heavy (non-hydrogen) atoms. The second-order valence-electron chi connectivity index (χ2n) is 3.10. The van der Waals surface area contributed by atoms with Gasteiger partial charge < -0.3 is 15.3 Å². The molecule has 1 rings (SSSR count). The standard InChI is InChI=1S/C8H13NO4/c1-5-4-6(10)9(8(5)13)3-2-7(11)12/h6,8,10,13H,1-4H2,(H,11,12). The van der Waals surface area contributed by atoms with Gasteiger partial charge in [-0.05, 0) is 5.57 Å². The maximum absolute atomic E-state index is 10.2. The number of carboxylic acid groups (broad SMARTS) is 1. The summed E-state index contributed by atoms with van der Waals surface area (Å²) in [6.07, 6.45) is -1.50. The molecule has 0 radical (unpaired) electrons. The number of nitrogens with zero attached hydrogens (tertiary/aromatic N) is 1. The molecule has 0 saturated carbocycles. The monoisotopic (exact) mass is 187 g/mol. The molecule has 0 aliphatic carbocycles. The Morgan fingerprint density at radius 2 is 2.23 bits per heavy atom. The van der Waals surface area contributed by atoms with E-state index in [1.165, 1.54) is 4.90 Å². The van der Waals surface area contributed by atoms with Gasteiger partial charge in [-0.1, -0.05) is 6.58 Å². The summed E-state index contributed by atoms with van der Waals surface area (Å²) < 4.78 is 0. The Balaban J connectivity index is 2.49.